The molecule has 21 heavy (non-hydrogen) atoms. The monoisotopic (exact) mass is 291 g/mol. The van der Waals surface area contributed by atoms with E-state index < -0.39 is 0 Å². The molecule has 0 bridgehead atoms. The Morgan fingerprint density at radius 2 is 1.71 bits per heavy atom. The molecular formula is C13H17N5O3. The molecule has 0 aliphatic heterocycles. The first-order chi connectivity index (χ1) is 10.2. The van der Waals surface area contributed by atoms with Crippen molar-refractivity contribution in [3.8, 4) is 17.2 Å². The molecule has 0 spiro atoms. The van der Waals surface area contributed by atoms with E-state index in [1.54, 1.807) is 45.7 Å². The molecule has 0 aliphatic rings. The normalized spacial score (nSPS) is 9.90. The van der Waals surface area contributed by atoms with E-state index in [-0.39, 0.29) is 0 Å². The lowest BCUT2D eigenvalue weighted by Crippen LogP contribution is -2.10. The lowest BCUT2D eigenvalue weighted by molar-refractivity contribution is 0.324. The lowest BCUT2D eigenvalue weighted by atomic mass is 10.2. The Morgan fingerprint density at radius 1 is 1.05 bits per heavy atom. The number of nitrogens with zero attached hydrogens (tertiary/aromatic N) is 2. The SMILES string of the molecule is COc1cc(Nc2ccnc(NN)n2)cc(OC)c1OC. The van der Waals surface area contributed by atoms with Crippen LogP contribution in [0.3, 0.4) is 0 Å². The molecule has 1 heterocycles. The number of benzene rings is 1. The quantitative estimate of drug-likeness (QED) is 0.544. The first-order valence-corrected chi connectivity index (χ1v) is 6.08. The molecule has 1 aromatic carbocycles. The van der Waals surface area contributed by atoms with Crippen LogP contribution >= 0.6 is 0 Å². The minimum atomic E-state index is 0.312. The van der Waals surface area contributed by atoms with Gasteiger partial charge in [0.05, 0.1) is 21.3 Å². The van der Waals surface area contributed by atoms with Gasteiger partial charge in [-0.1, -0.05) is 0 Å². The molecule has 0 amide bonds. The van der Waals surface area contributed by atoms with Gasteiger partial charge in [0.2, 0.25) is 11.7 Å². The molecule has 112 valence electrons. The Kier molecular flexibility index (Phi) is 4.62. The van der Waals surface area contributed by atoms with Crippen molar-refractivity contribution < 1.29 is 14.2 Å². The van der Waals surface area contributed by atoms with Crippen LogP contribution in [-0.4, -0.2) is 31.3 Å². The van der Waals surface area contributed by atoms with Gasteiger partial charge in [-0.15, -0.1) is 0 Å². The van der Waals surface area contributed by atoms with Crippen LogP contribution in [0.4, 0.5) is 17.5 Å². The van der Waals surface area contributed by atoms with Gasteiger partial charge < -0.3 is 19.5 Å². The third kappa shape index (κ3) is 3.23. The number of aromatic nitrogens is 2. The van der Waals surface area contributed by atoms with Crippen molar-refractivity contribution in [2.75, 3.05) is 32.1 Å². The highest BCUT2D eigenvalue weighted by Gasteiger charge is 2.13. The molecule has 4 N–H and O–H groups in total. The van der Waals surface area contributed by atoms with E-state index in [2.05, 4.69) is 20.7 Å². The Bertz CT molecular complexity index is 596. The van der Waals surface area contributed by atoms with Gasteiger partial charge in [-0.05, 0) is 6.07 Å². The van der Waals surface area contributed by atoms with Crippen LogP contribution in [0.5, 0.6) is 17.2 Å². The van der Waals surface area contributed by atoms with Crippen LogP contribution in [0.15, 0.2) is 24.4 Å². The Hall–Kier alpha value is -2.74. The molecule has 0 aliphatic carbocycles. The van der Waals surface area contributed by atoms with Gasteiger partial charge in [-0.3, -0.25) is 5.43 Å². The van der Waals surface area contributed by atoms with Crippen LogP contribution in [0.25, 0.3) is 0 Å². The zero-order chi connectivity index (χ0) is 15.2. The van der Waals surface area contributed by atoms with E-state index in [0.717, 1.165) is 5.69 Å². The smallest absolute Gasteiger partial charge is 0.239 e. The highest BCUT2D eigenvalue weighted by molar-refractivity contribution is 5.66. The maximum atomic E-state index is 5.29. The summed E-state index contributed by atoms with van der Waals surface area (Å²) < 4.78 is 15.9. The predicted octanol–water partition coefficient (Wildman–Crippen LogP) is 1.53. The minimum absolute atomic E-state index is 0.312. The molecule has 8 heteroatoms. The molecule has 0 fully saturated rings. The number of hydrogen-bond acceptors (Lipinski definition) is 8. The van der Waals surface area contributed by atoms with Gasteiger partial charge in [0.15, 0.2) is 11.5 Å². The molecule has 2 rings (SSSR count). The largest absolute Gasteiger partial charge is 0.493 e. The summed E-state index contributed by atoms with van der Waals surface area (Å²) in [6, 6.07) is 5.27. The number of nitrogen functional groups attached to an aromatic ring is 1. The fourth-order valence-corrected chi connectivity index (χ4v) is 1.80. The summed E-state index contributed by atoms with van der Waals surface area (Å²) in [6.45, 7) is 0. The van der Waals surface area contributed by atoms with E-state index >= 15 is 0 Å². The minimum Gasteiger partial charge on any atom is -0.493 e. The number of nitrogens with one attached hydrogen (secondary N) is 2. The number of nitrogens with two attached hydrogens (primary N) is 1. The van der Waals surface area contributed by atoms with Crippen molar-refractivity contribution in [3.63, 3.8) is 0 Å². The summed E-state index contributed by atoms with van der Waals surface area (Å²) in [5.41, 5.74) is 3.11. The van der Waals surface area contributed by atoms with Crippen LogP contribution in [0.2, 0.25) is 0 Å². The highest BCUT2D eigenvalue weighted by atomic mass is 16.5. The lowest BCUT2D eigenvalue weighted by Gasteiger charge is -2.15. The summed E-state index contributed by atoms with van der Waals surface area (Å²) in [5.74, 6) is 7.79. The van der Waals surface area contributed by atoms with Crippen molar-refractivity contribution in [1.82, 2.24) is 9.97 Å². The second kappa shape index (κ2) is 6.62. The topological polar surface area (TPSA) is 104 Å². The standard InChI is InChI=1S/C13H17N5O3/c1-19-9-6-8(7-10(20-2)12(9)21-3)16-11-4-5-15-13(17-11)18-14/h4-7H,14H2,1-3H3,(H2,15,16,17,18). The van der Waals surface area contributed by atoms with Gasteiger partial charge in [-0.2, -0.15) is 4.98 Å². The molecule has 0 atom stereocenters. The first-order valence-electron chi connectivity index (χ1n) is 6.08. The van der Waals surface area contributed by atoms with Gasteiger partial charge in [0, 0.05) is 24.0 Å². The Balaban J connectivity index is 2.35. The van der Waals surface area contributed by atoms with Crippen molar-refractivity contribution in [2.45, 2.75) is 0 Å². The first kappa shape index (κ1) is 14.7. The Morgan fingerprint density at radius 3 is 2.24 bits per heavy atom. The van der Waals surface area contributed by atoms with Gasteiger partial charge in [0.25, 0.3) is 0 Å². The van der Waals surface area contributed by atoms with E-state index in [1.165, 1.54) is 0 Å². The average Bonchev–Trinajstić information content (AvgIpc) is 2.53. The molecule has 1 aromatic heterocycles. The highest BCUT2D eigenvalue weighted by Crippen LogP contribution is 2.40. The van der Waals surface area contributed by atoms with E-state index in [0.29, 0.717) is 29.0 Å². The molecule has 0 saturated carbocycles. The maximum Gasteiger partial charge on any atom is 0.239 e. The van der Waals surface area contributed by atoms with E-state index in [9.17, 15) is 0 Å². The number of hydrogen-bond donors (Lipinski definition) is 3. The van der Waals surface area contributed by atoms with Gasteiger partial charge in [-0.25, -0.2) is 10.8 Å². The number of hydrazine groups is 1. The van der Waals surface area contributed by atoms with Gasteiger partial charge >= 0.3 is 0 Å². The van der Waals surface area contributed by atoms with E-state index in [4.69, 9.17) is 20.1 Å². The van der Waals surface area contributed by atoms with Crippen LogP contribution < -0.4 is 30.8 Å². The molecule has 2 aromatic rings. The molecule has 0 unspecified atom stereocenters. The number of anilines is 3. The summed E-state index contributed by atoms with van der Waals surface area (Å²) >= 11 is 0. The number of methoxy groups -OCH3 is 3. The van der Waals surface area contributed by atoms with Crippen molar-refractivity contribution in [2.24, 2.45) is 5.84 Å². The van der Waals surface area contributed by atoms with Crippen molar-refractivity contribution in [1.29, 1.82) is 0 Å². The molecule has 0 saturated heterocycles. The average molecular weight is 291 g/mol. The second-order valence-corrected chi connectivity index (χ2v) is 3.95. The number of ether oxygens (including phenoxy) is 3. The summed E-state index contributed by atoms with van der Waals surface area (Å²) in [7, 11) is 4.67. The van der Waals surface area contributed by atoms with Gasteiger partial charge in [0.1, 0.15) is 5.82 Å². The van der Waals surface area contributed by atoms with E-state index in [1.807, 2.05) is 0 Å². The molecule has 8 nitrogen and oxygen atoms in total. The van der Waals surface area contributed by atoms with Crippen LogP contribution in [-0.2, 0) is 0 Å². The molecule has 0 radical (unpaired) electrons. The second-order valence-electron chi connectivity index (χ2n) is 3.95. The third-order valence-corrected chi connectivity index (χ3v) is 2.72. The summed E-state index contributed by atoms with van der Waals surface area (Å²) in [5, 5.41) is 3.12. The fourth-order valence-electron chi connectivity index (χ4n) is 1.80. The maximum absolute atomic E-state index is 5.29. The van der Waals surface area contributed by atoms with Crippen LogP contribution in [0, 0.1) is 0 Å². The summed E-state index contributed by atoms with van der Waals surface area (Å²) in [6.07, 6.45) is 1.59. The van der Waals surface area contributed by atoms with Crippen LogP contribution in [0.1, 0.15) is 0 Å². The predicted molar refractivity (Wildman–Crippen MR) is 79.2 cm³/mol. The number of rotatable bonds is 6. The zero-order valence-electron chi connectivity index (χ0n) is 12.0. The third-order valence-electron chi connectivity index (χ3n) is 2.72. The fraction of sp³-hybridized carbons (Fsp3) is 0.231. The summed E-state index contributed by atoms with van der Waals surface area (Å²) in [4.78, 5) is 8.11. The zero-order valence-corrected chi connectivity index (χ0v) is 12.0. The van der Waals surface area contributed by atoms with Crippen molar-refractivity contribution >= 4 is 17.5 Å². The van der Waals surface area contributed by atoms with Crippen molar-refractivity contribution in [3.05, 3.63) is 24.4 Å². The molecular weight excluding hydrogens is 274 g/mol. The Labute approximate surface area is 122 Å².